The first-order valence-corrected chi connectivity index (χ1v) is 17.4. The van der Waals surface area contributed by atoms with Gasteiger partial charge in [-0.3, -0.25) is 14.4 Å². The van der Waals surface area contributed by atoms with E-state index < -0.39 is 0 Å². The van der Waals surface area contributed by atoms with Crippen molar-refractivity contribution in [3.05, 3.63) is 12.2 Å². The molecule has 0 heterocycles. The van der Waals surface area contributed by atoms with Crippen molar-refractivity contribution in [2.45, 2.75) is 143 Å². The molecule has 0 bridgehead atoms. The Morgan fingerprint density at radius 1 is 0.698 bits per heavy atom. The summed E-state index contributed by atoms with van der Waals surface area (Å²) in [7, 11) is 0. The lowest BCUT2D eigenvalue weighted by molar-refractivity contribution is -0.135. The summed E-state index contributed by atoms with van der Waals surface area (Å²) in [5, 5.41) is 2.97. The summed E-state index contributed by atoms with van der Waals surface area (Å²) in [6, 6.07) is -0.181. The van der Waals surface area contributed by atoms with Crippen LogP contribution in [0.1, 0.15) is 137 Å². The molecule has 0 fully saturated rings. The second-order valence-electron chi connectivity index (χ2n) is 12.2. The Labute approximate surface area is 264 Å². The Bertz CT molecular complexity index is 773. The highest BCUT2D eigenvalue weighted by Crippen LogP contribution is 2.12. The minimum Gasteiger partial charge on any atom is -0.356 e. The molecule has 0 aliphatic heterocycles. The molecule has 3 N–H and O–H groups in total. The first-order valence-electron chi connectivity index (χ1n) is 17.4. The average molecular weight is 607 g/mol. The van der Waals surface area contributed by atoms with Crippen molar-refractivity contribution >= 4 is 24.0 Å². The van der Waals surface area contributed by atoms with Crippen molar-refractivity contribution in [3.8, 4) is 0 Å². The van der Waals surface area contributed by atoms with E-state index in [-0.39, 0.29) is 35.6 Å². The first kappa shape index (κ1) is 40.8. The number of hydrogen-bond acceptors (Lipinski definition) is 5. The summed E-state index contributed by atoms with van der Waals surface area (Å²) in [5.74, 6) is 0.156. The van der Waals surface area contributed by atoms with Crippen LogP contribution in [0.2, 0.25) is 0 Å². The van der Waals surface area contributed by atoms with E-state index in [0.717, 1.165) is 44.8 Å². The predicted octanol–water partition coefficient (Wildman–Crippen LogP) is 6.42. The van der Waals surface area contributed by atoms with Crippen LogP contribution in [0.4, 0.5) is 0 Å². The largest absolute Gasteiger partial charge is 0.356 e. The van der Waals surface area contributed by atoms with E-state index in [9.17, 15) is 19.2 Å². The molecule has 8 nitrogen and oxygen atoms in total. The highest BCUT2D eigenvalue weighted by Gasteiger charge is 2.20. The van der Waals surface area contributed by atoms with Gasteiger partial charge in [0.1, 0.15) is 6.29 Å². The van der Waals surface area contributed by atoms with Crippen molar-refractivity contribution < 1.29 is 19.2 Å². The topological polar surface area (TPSA) is 113 Å². The number of hydrogen-bond donors (Lipinski definition) is 2. The monoisotopic (exact) mass is 607 g/mol. The van der Waals surface area contributed by atoms with Crippen molar-refractivity contribution in [2.24, 2.45) is 17.6 Å². The molecule has 250 valence electrons. The second kappa shape index (κ2) is 27.3. The number of amides is 3. The molecule has 0 aromatic heterocycles. The molecule has 0 saturated heterocycles. The van der Waals surface area contributed by atoms with Gasteiger partial charge in [-0.05, 0) is 57.8 Å². The van der Waals surface area contributed by atoms with Crippen molar-refractivity contribution in [1.82, 2.24) is 15.1 Å². The van der Waals surface area contributed by atoms with Crippen LogP contribution in [0, 0.1) is 11.8 Å². The number of aldehydes is 1. The van der Waals surface area contributed by atoms with Gasteiger partial charge < -0.3 is 25.6 Å². The molecular weight excluding hydrogens is 540 g/mol. The van der Waals surface area contributed by atoms with E-state index in [1.54, 1.807) is 0 Å². The highest BCUT2D eigenvalue weighted by molar-refractivity contribution is 5.79. The molecule has 0 aliphatic rings. The third kappa shape index (κ3) is 21.2. The summed E-state index contributed by atoms with van der Waals surface area (Å²) in [6.07, 6.45) is 20.2. The maximum atomic E-state index is 13.0. The maximum Gasteiger partial charge on any atom is 0.225 e. The van der Waals surface area contributed by atoms with Crippen LogP contribution in [0.15, 0.2) is 12.2 Å². The fraction of sp³-hybridized carbons (Fsp3) is 0.829. The molecule has 0 unspecified atom stereocenters. The highest BCUT2D eigenvalue weighted by atomic mass is 16.2. The van der Waals surface area contributed by atoms with E-state index in [1.807, 2.05) is 37.5 Å². The minimum atomic E-state index is -0.181. The lowest BCUT2D eigenvalue weighted by atomic mass is 10.1. The molecule has 8 heteroatoms. The summed E-state index contributed by atoms with van der Waals surface area (Å²) < 4.78 is 0. The molecule has 0 aromatic rings. The first-order chi connectivity index (χ1) is 20.7. The fourth-order valence-corrected chi connectivity index (χ4v) is 4.95. The smallest absolute Gasteiger partial charge is 0.225 e. The molecular formula is C35H66N4O4. The van der Waals surface area contributed by atoms with Crippen LogP contribution in [0.25, 0.3) is 0 Å². The van der Waals surface area contributed by atoms with E-state index in [0.29, 0.717) is 58.4 Å². The van der Waals surface area contributed by atoms with Gasteiger partial charge in [0, 0.05) is 63.4 Å². The van der Waals surface area contributed by atoms with Crippen LogP contribution >= 0.6 is 0 Å². The molecule has 3 atom stereocenters. The number of unbranched alkanes of at least 4 members (excludes halogenated alkanes) is 8. The Kier molecular flexibility index (Phi) is 25.9. The number of allylic oxidation sites excluding steroid dienone is 1. The summed E-state index contributed by atoms with van der Waals surface area (Å²) in [6.45, 7) is 13.1. The van der Waals surface area contributed by atoms with Crippen LogP contribution in [0.5, 0.6) is 0 Å². The van der Waals surface area contributed by atoms with Gasteiger partial charge in [0.15, 0.2) is 0 Å². The zero-order chi connectivity index (χ0) is 32.3. The molecule has 0 aromatic carbocycles. The molecule has 0 rings (SSSR count). The van der Waals surface area contributed by atoms with Gasteiger partial charge >= 0.3 is 0 Å². The van der Waals surface area contributed by atoms with Gasteiger partial charge in [-0.1, -0.05) is 78.9 Å². The third-order valence-corrected chi connectivity index (χ3v) is 8.27. The number of carbonyl (C=O) groups is 4. The second-order valence-corrected chi connectivity index (χ2v) is 12.2. The number of rotatable bonds is 28. The lowest BCUT2D eigenvalue weighted by Gasteiger charge is -2.27. The zero-order valence-electron chi connectivity index (χ0n) is 28.4. The predicted molar refractivity (Wildman–Crippen MR) is 179 cm³/mol. The summed E-state index contributed by atoms with van der Waals surface area (Å²) in [4.78, 5) is 52.6. The van der Waals surface area contributed by atoms with Gasteiger partial charge in [0.05, 0.1) is 0 Å². The molecule has 0 saturated carbocycles. The third-order valence-electron chi connectivity index (χ3n) is 8.27. The average Bonchev–Trinajstić information content (AvgIpc) is 3.00. The van der Waals surface area contributed by atoms with E-state index in [4.69, 9.17) is 5.73 Å². The van der Waals surface area contributed by atoms with Crippen molar-refractivity contribution in [1.29, 1.82) is 0 Å². The zero-order valence-corrected chi connectivity index (χ0v) is 28.4. The molecule has 0 radical (unpaired) electrons. The Hall–Kier alpha value is -2.22. The normalized spacial score (nSPS) is 13.4. The summed E-state index contributed by atoms with van der Waals surface area (Å²) in [5.41, 5.74) is 6.17. The van der Waals surface area contributed by atoms with E-state index in [2.05, 4.69) is 24.4 Å². The Balaban J connectivity index is 4.43. The van der Waals surface area contributed by atoms with Crippen molar-refractivity contribution in [3.63, 3.8) is 0 Å². The Morgan fingerprint density at radius 2 is 1.23 bits per heavy atom. The van der Waals surface area contributed by atoms with Crippen LogP contribution < -0.4 is 11.1 Å². The maximum absolute atomic E-state index is 13.0. The number of nitrogens with zero attached hydrogens (tertiary/aromatic N) is 2. The SMILES string of the molecule is CCCCCCCC/C=C\C[C@H](N)CC(=O)NCCCN(CCCCCN(CCC=O)C(=O)[C@@H](C)CC)C(=O)[C@@H](C)CC. The number of nitrogens with one attached hydrogen (secondary N) is 1. The van der Waals surface area contributed by atoms with E-state index >= 15 is 0 Å². The van der Waals surface area contributed by atoms with Crippen LogP contribution in [-0.2, 0) is 19.2 Å². The summed E-state index contributed by atoms with van der Waals surface area (Å²) >= 11 is 0. The number of carbonyl (C=O) groups excluding carboxylic acids is 4. The Morgan fingerprint density at radius 3 is 1.81 bits per heavy atom. The molecule has 43 heavy (non-hydrogen) atoms. The van der Waals surface area contributed by atoms with Gasteiger partial charge in [-0.25, -0.2) is 0 Å². The van der Waals surface area contributed by atoms with E-state index in [1.165, 1.54) is 38.5 Å². The van der Waals surface area contributed by atoms with Gasteiger partial charge in [-0.15, -0.1) is 0 Å². The number of nitrogens with two attached hydrogens (primary N) is 1. The molecule has 0 aliphatic carbocycles. The fourth-order valence-electron chi connectivity index (χ4n) is 4.95. The van der Waals surface area contributed by atoms with Gasteiger partial charge in [0.2, 0.25) is 17.7 Å². The molecule has 3 amide bonds. The van der Waals surface area contributed by atoms with Crippen LogP contribution in [-0.4, -0.2) is 72.6 Å². The quantitative estimate of drug-likeness (QED) is 0.0607. The minimum absolute atomic E-state index is 0.0336. The van der Waals surface area contributed by atoms with Crippen LogP contribution in [0.3, 0.4) is 0 Å². The van der Waals surface area contributed by atoms with Crippen molar-refractivity contribution in [2.75, 3.05) is 32.7 Å². The van der Waals surface area contributed by atoms with Gasteiger partial charge in [-0.2, -0.15) is 0 Å². The lowest BCUT2D eigenvalue weighted by Crippen LogP contribution is -2.39. The van der Waals surface area contributed by atoms with Gasteiger partial charge in [0.25, 0.3) is 0 Å². The standard InChI is InChI=1S/C35H66N4O4/c1-6-9-10-11-12-13-14-15-17-22-32(36)29-33(41)37-23-20-26-38(34(42)30(4)7-2)24-18-16-19-25-39(27-21-28-40)35(43)31(5)8-3/h15,17,28,30-32H,6-14,16,18-27,29,36H2,1-5H3,(H,37,41)/b17-15-/t30-,31-,32-/m0/s1. The molecule has 0 spiro atoms.